The lowest BCUT2D eigenvalue weighted by Gasteiger charge is -2.35. The van der Waals surface area contributed by atoms with E-state index >= 15 is 0 Å². The van der Waals surface area contributed by atoms with Gasteiger partial charge in [0, 0.05) is 30.4 Å². The van der Waals surface area contributed by atoms with E-state index in [1.165, 1.54) is 29.7 Å². The Bertz CT molecular complexity index is 550. The summed E-state index contributed by atoms with van der Waals surface area (Å²) in [5, 5.41) is 3.42. The first kappa shape index (κ1) is 13.2. The molecular weight excluding hydrogens is 244 g/mol. The summed E-state index contributed by atoms with van der Waals surface area (Å²) in [5.74, 6) is 0. The fraction of sp³-hybridized carbons (Fsp3) is 0.333. The molecule has 104 valence electrons. The zero-order valence-corrected chi connectivity index (χ0v) is 12.0. The highest BCUT2D eigenvalue weighted by atomic mass is 15.2. The normalized spacial score (nSPS) is 19.1. The number of nitrogens with zero attached hydrogens (tertiary/aromatic N) is 1. The van der Waals surface area contributed by atoms with Crippen LogP contribution < -0.4 is 10.2 Å². The summed E-state index contributed by atoms with van der Waals surface area (Å²) in [6, 6.07) is 20.0. The molecule has 1 unspecified atom stereocenters. The molecule has 0 saturated carbocycles. The fourth-order valence-electron chi connectivity index (χ4n) is 3.04. The van der Waals surface area contributed by atoms with Gasteiger partial charge in [-0.3, -0.25) is 0 Å². The molecule has 2 aromatic carbocycles. The lowest BCUT2D eigenvalue weighted by atomic mass is 10.00. The van der Waals surface area contributed by atoms with E-state index in [2.05, 4.69) is 71.9 Å². The molecule has 2 aromatic rings. The van der Waals surface area contributed by atoms with Gasteiger partial charge in [-0.2, -0.15) is 0 Å². The van der Waals surface area contributed by atoms with Gasteiger partial charge >= 0.3 is 0 Å². The molecule has 2 heteroatoms. The van der Waals surface area contributed by atoms with Crippen LogP contribution in [0, 0.1) is 0 Å². The smallest absolute Gasteiger partial charge is 0.0446 e. The van der Waals surface area contributed by atoms with Crippen molar-refractivity contribution in [2.75, 3.05) is 25.0 Å². The molecule has 1 N–H and O–H groups in total. The third kappa shape index (κ3) is 2.70. The summed E-state index contributed by atoms with van der Waals surface area (Å²) in [6.07, 6.45) is 2.54. The molecule has 0 aliphatic carbocycles. The van der Waals surface area contributed by atoms with Crippen LogP contribution >= 0.6 is 0 Å². The third-order valence-electron chi connectivity index (χ3n) is 4.16. The second-order valence-corrected chi connectivity index (χ2v) is 5.46. The van der Waals surface area contributed by atoms with Crippen LogP contribution in [0.4, 0.5) is 5.69 Å². The van der Waals surface area contributed by atoms with Crippen LogP contribution in [-0.2, 0) is 0 Å². The van der Waals surface area contributed by atoms with Gasteiger partial charge in [-0.05, 0) is 31.5 Å². The van der Waals surface area contributed by atoms with Crippen molar-refractivity contribution in [3.8, 4) is 11.1 Å². The maximum Gasteiger partial charge on any atom is 0.0446 e. The van der Waals surface area contributed by atoms with Crippen molar-refractivity contribution in [2.45, 2.75) is 18.9 Å². The monoisotopic (exact) mass is 266 g/mol. The maximum absolute atomic E-state index is 3.42. The molecule has 0 aromatic heterocycles. The van der Waals surface area contributed by atoms with Gasteiger partial charge in [-0.1, -0.05) is 48.5 Å². The van der Waals surface area contributed by atoms with E-state index in [1.807, 2.05) is 0 Å². The molecule has 1 saturated heterocycles. The van der Waals surface area contributed by atoms with Gasteiger partial charge < -0.3 is 10.2 Å². The Hall–Kier alpha value is -1.80. The first-order valence-electron chi connectivity index (χ1n) is 7.45. The Kier molecular flexibility index (Phi) is 4.03. The summed E-state index contributed by atoms with van der Waals surface area (Å²) in [4.78, 5) is 2.52. The number of likely N-dealkylation sites (N-methyl/N-ethyl adjacent to an activating group) is 1. The molecule has 20 heavy (non-hydrogen) atoms. The Morgan fingerprint density at radius 2 is 1.75 bits per heavy atom. The van der Waals surface area contributed by atoms with E-state index < -0.39 is 0 Å². The number of anilines is 1. The van der Waals surface area contributed by atoms with Crippen molar-refractivity contribution < 1.29 is 0 Å². The van der Waals surface area contributed by atoms with Crippen LogP contribution in [0.2, 0.25) is 0 Å². The van der Waals surface area contributed by atoms with E-state index in [1.54, 1.807) is 0 Å². The van der Waals surface area contributed by atoms with Crippen molar-refractivity contribution in [2.24, 2.45) is 0 Å². The number of rotatable bonds is 3. The second kappa shape index (κ2) is 6.10. The Morgan fingerprint density at radius 1 is 1.00 bits per heavy atom. The molecule has 0 spiro atoms. The van der Waals surface area contributed by atoms with Crippen LogP contribution in [0.25, 0.3) is 11.1 Å². The number of benzene rings is 2. The summed E-state index contributed by atoms with van der Waals surface area (Å²) >= 11 is 0. The molecular formula is C18H22N2. The quantitative estimate of drug-likeness (QED) is 0.914. The molecule has 1 heterocycles. The Morgan fingerprint density at radius 3 is 2.55 bits per heavy atom. The Labute approximate surface area is 121 Å². The predicted octanol–water partition coefficient (Wildman–Crippen LogP) is 3.54. The van der Waals surface area contributed by atoms with Gasteiger partial charge in [-0.15, -0.1) is 0 Å². The van der Waals surface area contributed by atoms with Crippen molar-refractivity contribution in [1.82, 2.24) is 5.32 Å². The Balaban J connectivity index is 1.94. The molecule has 1 aliphatic rings. The van der Waals surface area contributed by atoms with Crippen LogP contribution in [0.5, 0.6) is 0 Å². The first-order valence-corrected chi connectivity index (χ1v) is 7.45. The summed E-state index contributed by atoms with van der Waals surface area (Å²) < 4.78 is 0. The molecule has 3 rings (SSSR count). The van der Waals surface area contributed by atoms with Crippen molar-refractivity contribution in [1.29, 1.82) is 0 Å². The van der Waals surface area contributed by atoms with Crippen LogP contribution in [0.3, 0.4) is 0 Å². The number of piperidine rings is 1. The summed E-state index contributed by atoms with van der Waals surface area (Å²) in [7, 11) is 2.07. The number of para-hydroxylation sites is 1. The highest BCUT2D eigenvalue weighted by Gasteiger charge is 2.20. The van der Waals surface area contributed by atoms with Crippen LogP contribution in [0.1, 0.15) is 12.8 Å². The standard InChI is InChI=1S/C18H22N2/c1-19-16-10-7-13-20(14-16)18-12-6-5-11-17(18)15-8-3-2-4-9-15/h2-6,8-9,11-12,16,19H,7,10,13-14H2,1H3. The molecule has 2 nitrogen and oxygen atoms in total. The van der Waals surface area contributed by atoms with E-state index in [0.29, 0.717) is 6.04 Å². The first-order chi connectivity index (χ1) is 9.88. The van der Waals surface area contributed by atoms with Gasteiger partial charge in [0.05, 0.1) is 0 Å². The van der Waals surface area contributed by atoms with Crippen LogP contribution in [0.15, 0.2) is 54.6 Å². The zero-order valence-electron chi connectivity index (χ0n) is 12.0. The SMILES string of the molecule is CNC1CCCN(c2ccccc2-c2ccccc2)C1. The van der Waals surface area contributed by atoms with Gasteiger partial charge in [0.25, 0.3) is 0 Å². The van der Waals surface area contributed by atoms with E-state index in [-0.39, 0.29) is 0 Å². The number of hydrogen-bond acceptors (Lipinski definition) is 2. The molecule has 0 radical (unpaired) electrons. The van der Waals surface area contributed by atoms with E-state index in [0.717, 1.165) is 13.1 Å². The van der Waals surface area contributed by atoms with Crippen LogP contribution in [-0.4, -0.2) is 26.2 Å². The lowest BCUT2D eigenvalue weighted by molar-refractivity contribution is 0.450. The largest absolute Gasteiger partial charge is 0.369 e. The molecule has 1 atom stereocenters. The topological polar surface area (TPSA) is 15.3 Å². The molecule has 0 bridgehead atoms. The van der Waals surface area contributed by atoms with Gasteiger partial charge in [0.15, 0.2) is 0 Å². The number of hydrogen-bond donors (Lipinski definition) is 1. The lowest BCUT2D eigenvalue weighted by Crippen LogP contribution is -2.44. The minimum atomic E-state index is 0.604. The fourth-order valence-corrected chi connectivity index (χ4v) is 3.04. The second-order valence-electron chi connectivity index (χ2n) is 5.46. The van der Waals surface area contributed by atoms with E-state index in [4.69, 9.17) is 0 Å². The van der Waals surface area contributed by atoms with Gasteiger partial charge in [0.1, 0.15) is 0 Å². The minimum Gasteiger partial charge on any atom is -0.369 e. The summed E-state index contributed by atoms with van der Waals surface area (Å²) in [5.41, 5.74) is 4.00. The zero-order chi connectivity index (χ0) is 13.8. The van der Waals surface area contributed by atoms with Crippen molar-refractivity contribution in [3.05, 3.63) is 54.6 Å². The molecule has 1 fully saturated rings. The minimum absolute atomic E-state index is 0.604. The molecule has 0 amide bonds. The average molecular weight is 266 g/mol. The highest BCUT2D eigenvalue weighted by Crippen LogP contribution is 2.32. The van der Waals surface area contributed by atoms with Gasteiger partial charge in [-0.25, -0.2) is 0 Å². The average Bonchev–Trinajstić information content (AvgIpc) is 2.56. The van der Waals surface area contributed by atoms with E-state index in [9.17, 15) is 0 Å². The third-order valence-corrected chi connectivity index (χ3v) is 4.16. The predicted molar refractivity (Wildman–Crippen MR) is 86.2 cm³/mol. The maximum atomic E-state index is 3.42. The van der Waals surface area contributed by atoms with Gasteiger partial charge in [0.2, 0.25) is 0 Å². The van der Waals surface area contributed by atoms with Crippen molar-refractivity contribution >= 4 is 5.69 Å². The number of nitrogens with one attached hydrogen (secondary N) is 1. The molecule has 1 aliphatic heterocycles. The summed E-state index contributed by atoms with van der Waals surface area (Å²) in [6.45, 7) is 2.25. The highest BCUT2D eigenvalue weighted by molar-refractivity contribution is 5.78. The van der Waals surface area contributed by atoms with Crippen molar-refractivity contribution in [3.63, 3.8) is 0 Å².